The SMILES string of the molecule is CC(C)n1cnc2c(=O)[nH]c(N=CN(C)C)nc21. The Morgan fingerprint density at radius 2 is 2.22 bits per heavy atom. The molecule has 0 aromatic carbocycles. The van der Waals surface area contributed by atoms with Crippen molar-refractivity contribution < 1.29 is 0 Å². The van der Waals surface area contributed by atoms with E-state index in [1.165, 1.54) is 0 Å². The summed E-state index contributed by atoms with van der Waals surface area (Å²) in [5.74, 6) is 0.281. The van der Waals surface area contributed by atoms with Crippen molar-refractivity contribution in [2.24, 2.45) is 4.99 Å². The highest BCUT2D eigenvalue weighted by atomic mass is 16.1. The molecule has 2 aromatic heterocycles. The predicted octanol–water partition coefficient (Wildman–Crippen LogP) is 0.922. The van der Waals surface area contributed by atoms with Crippen LogP contribution in [-0.2, 0) is 0 Å². The molecule has 7 nitrogen and oxygen atoms in total. The molecule has 96 valence electrons. The zero-order valence-corrected chi connectivity index (χ0v) is 10.9. The second kappa shape index (κ2) is 4.59. The molecule has 0 radical (unpaired) electrons. The van der Waals surface area contributed by atoms with E-state index in [9.17, 15) is 4.79 Å². The maximum atomic E-state index is 11.8. The molecule has 0 unspecified atom stereocenters. The van der Waals surface area contributed by atoms with Crippen molar-refractivity contribution in [1.82, 2.24) is 24.4 Å². The van der Waals surface area contributed by atoms with Crippen molar-refractivity contribution in [1.29, 1.82) is 0 Å². The van der Waals surface area contributed by atoms with Crippen molar-refractivity contribution in [2.75, 3.05) is 14.1 Å². The molecule has 0 aliphatic rings. The van der Waals surface area contributed by atoms with Crippen molar-refractivity contribution in [3.8, 4) is 0 Å². The van der Waals surface area contributed by atoms with Crippen molar-refractivity contribution >= 4 is 23.5 Å². The van der Waals surface area contributed by atoms with Gasteiger partial charge in [0.25, 0.3) is 5.56 Å². The number of aromatic nitrogens is 4. The molecule has 18 heavy (non-hydrogen) atoms. The van der Waals surface area contributed by atoms with Crippen molar-refractivity contribution in [3.63, 3.8) is 0 Å². The van der Waals surface area contributed by atoms with Gasteiger partial charge in [-0.05, 0) is 13.8 Å². The number of H-pyrrole nitrogens is 1. The van der Waals surface area contributed by atoms with Crippen LogP contribution in [0.15, 0.2) is 16.1 Å². The normalized spacial score (nSPS) is 11.8. The van der Waals surface area contributed by atoms with Gasteiger partial charge in [-0.3, -0.25) is 9.78 Å². The molecular formula is C11H16N6O. The first-order valence-electron chi connectivity index (χ1n) is 5.66. The van der Waals surface area contributed by atoms with Gasteiger partial charge in [0.2, 0.25) is 5.95 Å². The molecule has 0 amide bonds. The van der Waals surface area contributed by atoms with Crippen LogP contribution in [-0.4, -0.2) is 44.9 Å². The Bertz CT molecular complexity index is 637. The highest BCUT2D eigenvalue weighted by Gasteiger charge is 2.11. The van der Waals surface area contributed by atoms with E-state index in [1.54, 1.807) is 17.6 Å². The van der Waals surface area contributed by atoms with Crippen LogP contribution in [0.4, 0.5) is 5.95 Å². The number of imidazole rings is 1. The average Bonchev–Trinajstić information content (AvgIpc) is 2.70. The van der Waals surface area contributed by atoms with Crippen LogP contribution in [0, 0.1) is 0 Å². The van der Waals surface area contributed by atoms with Crippen LogP contribution >= 0.6 is 0 Å². The molecule has 0 saturated heterocycles. The first-order chi connectivity index (χ1) is 8.49. The Labute approximate surface area is 104 Å². The minimum absolute atomic E-state index is 0.190. The van der Waals surface area contributed by atoms with Crippen molar-refractivity contribution in [3.05, 3.63) is 16.7 Å². The molecule has 0 saturated carbocycles. The molecular weight excluding hydrogens is 232 g/mol. The number of aliphatic imine (C=N–C) groups is 1. The number of hydrogen-bond acceptors (Lipinski definition) is 4. The lowest BCUT2D eigenvalue weighted by molar-refractivity contribution is 0.612. The third-order valence-electron chi connectivity index (χ3n) is 2.39. The lowest BCUT2D eigenvalue weighted by Crippen LogP contribution is -2.11. The number of nitrogens with one attached hydrogen (secondary N) is 1. The quantitative estimate of drug-likeness (QED) is 0.647. The number of hydrogen-bond donors (Lipinski definition) is 1. The summed E-state index contributed by atoms with van der Waals surface area (Å²) >= 11 is 0. The fourth-order valence-corrected chi connectivity index (χ4v) is 1.52. The molecule has 1 N–H and O–H groups in total. The first kappa shape index (κ1) is 12.3. The highest BCUT2D eigenvalue weighted by Crippen LogP contribution is 2.14. The largest absolute Gasteiger partial charge is 0.369 e. The van der Waals surface area contributed by atoms with E-state index in [4.69, 9.17) is 0 Å². The zero-order chi connectivity index (χ0) is 13.3. The van der Waals surface area contributed by atoms with Gasteiger partial charge in [0.1, 0.15) is 0 Å². The van der Waals surface area contributed by atoms with Crippen LogP contribution in [0.1, 0.15) is 19.9 Å². The topological polar surface area (TPSA) is 79.2 Å². The monoisotopic (exact) mass is 248 g/mol. The van der Waals surface area contributed by atoms with Gasteiger partial charge in [-0.1, -0.05) is 0 Å². The number of aromatic amines is 1. The van der Waals surface area contributed by atoms with E-state index in [-0.39, 0.29) is 17.5 Å². The Kier molecular flexibility index (Phi) is 3.14. The maximum Gasteiger partial charge on any atom is 0.280 e. The molecule has 2 heterocycles. The van der Waals surface area contributed by atoms with Crippen LogP contribution in [0.25, 0.3) is 11.2 Å². The molecule has 0 spiro atoms. The summed E-state index contributed by atoms with van der Waals surface area (Å²) in [5, 5.41) is 0. The van der Waals surface area contributed by atoms with E-state index in [0.29, 0.717) is 11.2 Å². The Balaban J connectivity index is 2.59. The van der Waals surface area contributed by atoms with E-state index in [2.05, 4.69) is 19.9 Å². The minimum Gasteiger partial charge on any atom is -0.369 e. The van der Waals surface area contributed by atoms with Gasteiger partial charge in [-0.2, -0.15) is 4.98 Å². The van der Waals surface area contributed by atoms with E-state index < -0.39 is 0 Å². The summed E-state index contributed by atoms with van der Waals surface area (Å²) < 4.78 is 1.85. The first-order valence-corrected chi connectivity index (χ1v) is 5.66. The summed E-state index contributed by atoms with van der Waals surface area (Å²) in [6.07, 6.45) is 3.21. The van der Waals surface area contributed by atoms with Gasteiger partial charge in [0.05, 0.1) is 12.7 Å². The smallest absolute Gasteiger partial charge is 0.280 e. The molecule has 2 rings (SSSR count). The van der Waals surface area contributed by atoms with Crippen LogP contribution < -0.4 is 5.56 Å². The third-order valence-corrected chi connectivity index (χ3v) is 2.39. The Morgan fingerprint density at radius 3 is 2.83 bits per heavy atom. The lowest BCUT2D eigenvalue weighted by atomic mass is 10.4. The van der Waals surface area contributed by atoms with Gasteiger partial charge in [0, 0.05) is 20.1 Å². The summed E-state index contributed by atoms with van der Waals surface area (Å²) in [5.41, 5.74) is 0.623. The second-order valence-corrected chi connectivity index (χ2v) is 4.52. The third kappa shape index (κ3) is 2.24. The summed E-state index contributed by atoms with van der Waals surface area (Å²) in [6.45, 7) is 4.01. The Morgan fingerprint density at radius 1 is 1.50 bits per heavy atom. The van der Waals surface area contributed by atoms with Crippen LogP contribution in [0.3, 0.4) is 0 Å². The zero-order valence-electron chi connectivity index (χ0n) is 10.9. The molecule has 0 bridgehead atoms. The van der Waals surface area contributed by atoms with Gasteiger partial charge in [0.15, 0.2) is 11.2 Å². The molecule has 0 aliphatic carbocycles. The lowest BCUT2D eigenvalue weighted by Gasteiger charge is -2.06. The molecule has 2 aromatic rings. The summed E-state index contributed by atoms with van der Waals surface area (Å²) in [7, 11) is 3.69. The minimum atomic E-state index is -0.273. The average molecular weight is 248 g/mol. The van der Waals surface area contributed by atoms with Crippen LogP contribution in [0.5, 0.6) is 0 Å². The molecule has 0 aliphatic heterocycles. The fraction of sp³-hybridized carbons (Fsp3) is 0.455. The van der Waals surface area contributed by atoms with Gasteiger partial charge >= 0.3 is 0 Å². The maximum absolute atomic E-state index is 11.8. The van der Waals surface area contributed by atoms with Gasteiger partial charge in [-0.25, -0.2) is 9.98 Å². The van der Waals surface area contributed by atoms with Gasteiger partial charge < -0.3 is 9.47 Å². The summed E-state index contributed by atoms with van der Waals surface area (Å²) in [6, 6.07) is 0.190. The van der Waals surface area contributed by atoms with Crippen molar-refractivity contribution in [2.45, 2.75) is 19.9 Å². The molecule has 0 fully saturated rings. The number of fused-ring (bicyclic) bond motifs is 1. The van der Waals surface area contributed by atoms with Gasteiger partial charge in [-0.15, -0.1) is 0 Å². The number of rotatable bonds is 3. The second-order valence-electron chi connectivity index (χ2n) is 4.52. The standard InChI is InChI=1S/C11H16N6O/c1-7(2)17-6-12-8-9(17)14-11(15-10(8)18)13-5-16(3)4/h5-7H,1-4H3,(H,14,15,18). The van der Waals surface area contributed by atoms with Crippen LogP contribution in [0.2, 0.25) is 0 Å². The predicted molar refractivity (Wildman–Crippen MR) is 70.4 cm³/mol. The molecule has 7 heteroatoms. The van der Waals surface area contributed by atoms with E-state index >= 15 is 0 Å². The number of nitrogens with zero attached hydrogens (tertiary/aromatic N) is 5. The molecule has 0 atom stereocenters. The van der Waals surface area contributed by atoms with E-state index in [0.717, 1.165) is 0 Å². The highest BCUT2D eigenvalue weighted by molar-refractivity contribution is 5.71. The summed E-state index contributed by atoms with van der Waals surface area (Å²) in [4.78, 5) is 28.6. The van der Waals surface area contributed by atoms with E-state index in [1.807, 2.05) is 32.5 Å². The Hall–Kier alpha value is -2.18. The fourth-order valence-electron chi connectivity index (χ4n) is 1.52.